The van der Waals surface area contributed by atoms with Crippen LogP contribution in [0.15, 0.2) is 82.4 Å². The summed E-state index contributed by atoms with van der Waals surface area (Å²) in [6.45, 7) is 0. The molecule has 7 nitrogen and oxygen atoms in total. The molecular formula is C25H20BrNO6. The summed E-state index contributed by atoms with van der Waals surface area (Å²) in [5.74, 6) is -2.72. The van der Waals surface area contributed by atoms with E-state index in [-0.39, 0.29) is 5.56 Å². The maximum atomic E-state index is 12.8. The van der Waals surface area contributed by atoms with Gasteiger partial charge in [-0.15, -0.1) is 4.91 Å². The molecule has 1 aliphatic heterocycles. The van der Waals surface area contributed by atoms with E-state index < -0.39 is 35.0 Å². The van der Waals surface area contributed by atoms with Gasteiger partial charge in [-0.2, -0.15) is 0 Å². The molecule has 1 aliphatic carbocycles. The Hall–Kier alpha value is -3.07. The van der Waals surface area contributed by atoms with E-state index in [1.54, 1.807) is 66.7 Å². The van der Waals surface area contributed by atoms with Crippen molar-refractivity contribution in [3.8, 4) is 11.5 Å². The average molecular weight is 510 g/mol. The first-order valence-electron chi connectivity index (χ1n) is 10.3. The van der Waals surface area contributed by atoms with Crippen molar-refractivity contribution in [2.24, 2.45) is 11.1 Å². The first kappa shape index (κ1) is 21.8. The van der Waals surface area contributed by atoms with Crippen molar-refractivity contribution in [1.29, 1.82) is 0 Å². The number of hydrogen-bond acceptors (Lipinski definition) is 6. The molecule has 3 aromatic rings. The van der Waals surface area contributed by atoms with Crippen LogP contribution in [0, 0.1) is 10.8 Å². The van der Waals surface area contributed by atoms with Gasteiger partial charge < -0.3 is 19.7 Å². The standard InChI is InChI=1S/C25H20BrNO6/c1-32-17-8-5-9-18-21(17)24(30)22(28)19(23(29)27-31)20(14-6-3-2-4-7-14)25(24,33-18)15-10-12-16(26)13-11-15/h2-13,19-20,22,28,30H,1H3. The highest BCUT2D eigenvalue weighted by Crippen LogP contribution is 2.69. The lowest BCUT2D eigenvalue weighted by Crippen LogP contribution is -2.52. The Morgan fingerprint density at radius 2 is 1.76 bits per heavy atom. The van der Waals surface area contributed by atoms with Gasteiger partial charge in [0.05, 0.1) is 18.6 Å². The summed E-state index contributed by atoms with van der Waals surface area (Å²) in [5.41, 5.74) is -2.39. The van der Waals surface area contributed by atoms with Crippen LogP contribution in [0.25, 0.3) is 0 Å². The molecule has 2 N–H and O–H groups in total. The average Bonchev–Trinajstić information content (AvgIpc) is 3.22. The lowest BCUT2D eigenvalue weighted by atomic mass is 9.70. The number of aliphatic hydroxyl groups excluding tert-OH is 1. The van der Waals surface area contributed by atoms with Crippen LogP contribution in [0.2, 0.25) is 0 Å². The van der Waals surface area contributed by atoms with Crippen LogP contribution in [-0.4, -0.2) is 29.3 Å². The first-order chi connectivity index (χ1) is 15.9. The Labute approximate surface area is 198 Å². The van der Waals surface area contributed by atoms with Crippen molar-refractivity contribution < 1.29 is 24.5 Å². The van der Waals surface area contributed by atoms with Gasteiger partial charge in [0.15, 0.2) is 11.2 Å². The van der Waals surface area contributed by atoms with Gasteiger partial charge in [-0.1, -0.05) is 64.5 Å². The van der Waals surface area contributed by atoms with E-state index in [9.17, 15) is 19.9 Å². The minimum atomic E-state index is -2.12. The van der Waals surface area contributed by atoms with Crippen molar-refractivity contribution in [3.63, 3.8) is 0 Å². The van der Waals surface area contributed by atoms with Crippen molar-refractivity contribution in [3.05, 3.63) is 98.9 Å². The molecule has 0 saturated heterocycles. The summed E-state index contributed by atoms with van der Waals surface area (Å²) in [6, 6.07) is 21.1. The van der Waals surface area contributed by atoms with Crippen LogP contribution >= 0.6 is 15.9 Å². The summed E-state index contributed by atoms with van der Waals surface area (Å²) in [4.78, 5) is 24.3. The normalized spacial score (nSPS) is 29.6. The zero-order chi connectivity index (χ0) is 23.4. The molecule has 5 unspecified atom stereocenters. The van der Waals surface area contributed by atoms with Crippen molar-refractivity contribution in [1.82, 2.24) is 0 Å². The predicted octanol–water partition coefficient (Wildman–Crippen LogP) is 4.00. The van der Waals surface area contributed by atoms with Gasteiger partial charge >= 0.3 is 0 Å². The number of benzene rings is 3. The molecule has 1 amide bonds. The number of methoxy groups -OCH3 is 1. The molecule has 0 aromatic heterocycles. The SMILES string of the molecule is COc1cccc2c1C1(O)C(O)C(C(=O)N=O)C(c3ccccc3)C1(c1ccc(Br)cc1)O2. The van der Waals surface area contributed by atoms with Gasteiger partial charge in [-0.3, -0.25) is 4.79 Å². The van der Waals surface area contributed by atoms with Gasteiger partial charge in [0.25, 0.3) is 5.91 Å². The molecule has 0 bridgehead atoms. The Kier molecular flexibility index (Phi) is 5.12. The van der Waals surface area contributed by atoms with Crippen LogP contribution in [0.5, 0.6) is 11.5 Å². The van der Waals surface area contributed by atoms with Crippen molar-refractivity contribution >= 4 is 21.8 Å². The van der Waals surface area contributed by atoms with Gasteiger partial charge in [0.2, 0.25) is 0 Å². The van der Waals surface area contributed by atoms with Gasteiger partial charge in [-0.25, -0.2) is 0 Å². The van der Waals surface area contributed by atoms with E-state index in [1.165, 1.54) is 7.11 Å². The van der Waals surface area contributed by atoms with Crippen LogP contribution in [-0.2, 0) is 16.0 Å². The van der Waals surface area contributed by atoms with E-state index in [2.05, 4.69) is 21.1 Å². The summed E-state index contributed by atoms with van der Waals surface area (Å²) < 4.78 is 12.9. The number of ether oxygens (including phenoxy) is 2. The third kappa shape index (κ3) is 2.78. The topological polar surface area (TPSA) is 105 Å². The zero-order valence-electron chi connectivity index (χ0n) is 17.5. The van der Waals surface area contributed by atoms with E-state index in [0.717, 1.165) is 4.47 Å². The fourth-order valence-electron chi connectivity index (χ4n) is 5.54. The molecule has 33 heavy (non-hydrogen) atoms. The second-order valence-corrected chi connectivity index (χ2v) is 9.15. The highest BCUT2D eigenvalue weighted by Gasteiger charge is 2.78. The van der Waals surface area contributed by atoms with Crippen LogP contribution < -0.4 is 9.47 Å². The Morgan fingerprint density at radius 1 is 1.06 bits per heavy atom. The zero-order valence-corrected chi connectivity index (χ0v) is 19.1. The number of carbonyl (C=O) groups is 1. The van der Waals surface area contributed by atoms with E-state index >= 15 is 0 Å². The van der Waals surface area contributed by atoms with E-state index in [4.69, 9.17) is 9.47 Å². The van der Waals surface area contributed by atoms with Crippen molar-refractivity contribution in [2.45, 2.75) is 23.2 Å². The maximum absolute atomic E-state index is 12.8. The summed E-state index contributed by atoms with van der Waals surface area (Å²) in [7, 11) is 1.45. The molecule has 168 valence electrons. The minimum Gasteiger partial charge on any atom is -0.496 e. The van der Waals surface area contributed by atoms with Crippen LogP contribution in [0.1, 0.15) is 22.6 Å². The minimum absolute atomic E-state index is 0.227. The third-order valence-corrected chi connectivity index (χ3v) is 7.33. The fraction of sp³-hybridized carbons (Fsp3) is 0.240. The predicted molar refractivity (Wildman–Crippen MR) is 123 cm³/mol. The smallest absolute Gasteiger partial charge is 0.292 e. The quantitative estimate of drug-likeness (QED) is 0.515. The first-order valence-corrected chi connectivity index (χ1v) is 11.1. The maximum Gasteiger partial charge on any atom is 0.292 e. The molecule has 0 spiro atoms. The number of fused-ring (bicyclic) bond motifs is 3. The van der Waals surface area contributed by atoms with Crippen molar-refractivity contribution in [2.75, 3.05) is 7.11 Å². The molecule has 3 aromatic carbocycles. The van der Waals surface area contributed by atoms with Crippen LogP contribution in [0.4, 0.5) is 0 Å². The second-order valence-electron chi connectivity index (χ2n) is 8.23. The Bertz CT molecular complexity index is 1230. The molecule has 1 saturated carbocycles. The summed E-state index contributed by atoms with van der Waals surface area (Å²) in [5, 5.41) is 26.6. The molecule has 0 radical (unpaired) electrons. The molecule has 5 atom stereocenters. The Balaban J connectivity index is 1.90. The van der Waals surface area contributed by atoms with Crippen LogP contribution in [0.3, 0.4) is 0 Å². The van der Waals surface area contributed by atoms with Gasteiger partial charge in [-0.05, 0) is 35.4 Å². The molecular weight excluding hydrogens is 490 g/mol. The largest absolute Gasteiger partial charge is 0.496 e. The van der Waals surface area contributed by atoms with Gasteiger partial charge in [0.1, 0.15) is 17.6 Å². The summed E-state index contributed by atoms with van der Waals surface area (Å²) in [6.07, 6.45) is -1.70. The van der Waals surface area contributed by atoms with E-state index in [1.807, 2.05) is 6.07 Å². The lowest BCUT2D eigenvalue weighted by molar-refractivity contribution is -0.154. The summed E-state index contributed by atoms with van der Waals surface area (Å²) >= 11 is 3.42. The number of aliphatic hydroxyl groups is 2. The molecule has 5 rings (SSSR count). The number of hydrogen-bond donors (Lipinski definition) is 2. The molecule has 1 heterocycles. The third-order valence-electron chi connectivity index (χ3n) is 6.80. The number of halogens is 1. The second kappa shape index (κ2) is 7.76. The molecule has 1 fully saturated rings. The Morgan fingerprint density at radius 3 is 2.39 bits per heavy atom. The lowest BCUT2D eigenvalue weighted by Gasteiger charge is -2.40. The number of carbonyl (C=O) groups excluding carboxylic acids is 1. The number of amides is 1. The van der Waals surface area contributed by atoms with E-state index in [0.29, 0.717) is 22.6 Å². The molecule has 8 heteroatoms. The number of rotatable bonds is 4. The molecule has 2 aliphatic rings. The monoisotopic (exact) mass is 509 g/mol. The highest BCUT2D eigenvalue weighted by atomic mass is 79.9. The fourth-order valence-corrected chi connectivity index (χ4v) is 5.80. The highest BCUT2D eigenvalue weighted by molar-refractivity contribution is 9.10. The number of nitrogens with zero attached hydrogens (tertiary/aromatic N) is 1. The van der Waals surface area contributed by atoms with Gasteiger partial charge in [0, 0.05) is 15.6 Å². The number of nitroso groups, excluding NO2 is 1.